The molecule has 0 spiro atoms. The molecule has 0 bridgehead atoms. The Balaban J connectivity index is 1.51. The number of rotatable bonds is 8. The van der Waals surface area contributed by atoms with E-state index >= 15 is 0 Å². The van der Waals surface area contributed by atoms with Gasteiger partial charge >= 0.3 is 0 Å². The maximum Gasteiger partial charge on any atom is 0.0745 e. The van der Waals surface area contributed by atoms with E-state index in [1.165, 1.54) is 57.8 Å². The highest BCUT2D eigenvalue weighted by molar-refractivity contribution is 5.13. The van der Waals surface area contributed by atoms with Gasteiger partial charge in [0.2, 0.25) is 0 Å². The van der Waals surface area contributed by atoms with E-state index in [0.717, 1.165) is 24.9 Å². The second-order valence-electron chi connectivity index (χ2n) is 6.83. The highest BCUT2D eigenvalue weighted by Crippen LogP contribution is 2.40. The maximum atomic E-state index is 9.09. The highest BCUT2D eigenvalue weighted by atomic mass is 16.5. The molecule has 2 aliphatic rings. The van der Waals surface area contributed by atoms with Crippen LogP contribution in [0.4, 0.5) is 0 Å². The molecule has 0 aromatic heterocycles. The lowest BCUT2D eigenvalue weighted by Crippen LogP contribution is -2.19. The minimum Gasteiger partial charge on any atom is -0.391 e. The quantitative estimate of drug-likeness (QED) is 0.525. The van der Waals surface area contributed by atoms with Crippen LogP contribution in [-0.4, -0.2) is 24.4 Å². The SMILES string of the molecule is C[C@H](O)COCCCCCC1CC=C2CCCCC2C1. The summed E-state index contributed by atoms with van der Waals surface area (Å²) in [6.45, 7) is 3.07. The van der Waals surface area contributed by atoms with Gasteiger partial charge in [0, 0.05) is 6.61 Å². The minimum absolute atomic E-state index is 0.325. The third-order valence-corrected chi connectivity index (χ3v) is 4.88. The van der Waals surface area contributed by atoms with Gasteiger partial charge in [-0.2, -0.15) is 0 Å². The summed E-state index contributed by atoms with van der Waals surface area (Å²) in [4.78, 5) is 0. The van der Waals surface area contributed by atoms with Gasteiger partial charge in [-0.1, -0.05) is 37.3 Å². The van der Waals surface area contributed by atoms with Gasteiger partial charge in [0.05, 0.1) is 12.7 Å². The van der Waals surface area contributed by atoms with Crippen molar-refractivity contribution in [2.24, 2.45) is 11.8 Å². The molecule has 0 amide bonds. The second kappa shape index (κ2) is 8.84. The summed E-state index contributed by atoms with van der Waals surface area (Å²) in [6, 6.07) is 0. The predicted molar refractivity (Wildman–Crippen MR) is 83.7 cm³/mol. The van der Waals surface area contributed by atoms with Crippen molar-refractivity contribution in [3.63, 3.8) is 0 Å². The van der Waals surface area contributed by atoms with Gasteiger partial charge in [-0.25, -0.2) is 0 Å². The Morgan fingerprint density at radius 2 is 2.20 bits per heavy atom. The highest BCUT2D eigenvalue weighted by Gasteiger charge is 2.25. The van der Waals surface area contributed by atoms with Crippen molar-refractivity contribution in [2.75, 3.05) is 13.2 Å². The average molecular weight is 280 g/mol. The summed E-state index contributed by atoms with van der Waals surface area (Å²) in [5.41, 5.74) is 1.79. The number of aliphatic hydroxyl groups excluding tert-OH is 1. The third-order valence-electron chi connectivity index (χ3n) is 4.88. The lowest BCUT2D eigenvalue weighted by Gasteiger charge is -2.33. The van der Waals surface area contributed by atoms with Crippen molar-refractivity contribution in [1.82, 2.24) is 0 Å². The van der Waals surface area contributed by atoms with E-state index in [1.54, 1.807) is 12.5 Å². The molecule has 2 heteroatoms. The van der Waals surface area contributed by atoms with Gasteiger partial charge in [-0.3, -0.25) is 0 Å². The topological polar surface area (TPSA) is 29.5 Å². The third kappa shape index (κ3) is 5.57. The smallest absolute Gasteiger partial charge is 0.0745 e. The van der Waals surface area contributed by atoms with Crippen LogP contribution in [0, 0.1) is 11.8 Å². The predicted octanol–water partition coefficient (Wildman–Crippen LogP) is 4.47. The number of allylic oxidation sites excluding steroid dienone is 2. The lowest BCUT2D eigenvalue weighted by molar-refractivity contribution is 0.0444. The molecule has 0 radical (unpaired) electrons. The van der Waals surface area contributed by atoms with E-state index in [0.29, 0.717) is 6.61 Å². The fourth-order valence-corrected chi connectivity index (χ4v) is 3.77. The van der Waals surface area contributed by atoms with Gasteiger partial charge in [-0.05, 0) is 57.3 Å². The molecule has 116 valence electrons. The normalized spacial score (nSPS) is 27.8. The molecule has 1 saturated carbocycles. The molecular weight excluding hydrogens is 248 g/mol. The maximum absolute atomic E-state index is 9.09. The van der Waals surface area contributed by atoms with Crippen LogP contribution in [0.5, 0.6) is 0 Å². The van der Waals surface area contributed by atoms with Gasteiger partial charge in [0.25, 0.3) is 0 Å². The minimum atomic E-state index is -0.325. The first kappa shape index (κ1) is 16.0. The van der Waals surface area contributed by atoms with Crippen LogP contribution in [0.1, 0.15) is 71.1 Å². The fraction of sp³-hybridized carbons (Fsp3) is 0.889. The standard InChI is InChI=1S/C18H32O2/c1-15(19)14-20-12-6-2-3-7-16-10-11-17-8-4-5-9-18(17)13-16/h11,15-16,18-19H,2-10,12-14H2,1H3/t15-,16?,18?/m0/s1. The van der Waals surface area contributed by atoms with Crippen molar-refractivity contribution in [1.29, 1.82) is 0 Å². The van der Waals surface area contributed by atoms with Gasteiger partial charge < -0.3 is 9.84 Å². The lowest BCUT2D eigenvalue weighted by atomic mass is 9.73. The molecule has 2 nitrogen and oxygen atoms in total. The van der Waals surface area contributed by atoms with Gasteiger partial charge in [0.15, 0.2) is 0 Å². The molecule has 0 aromatic carbocycles. The van der Waals surface area contributed by atoms with Crippen LogP contribution >= 0.6 is 0 Å². The van der Waals surface area contributed by atoms with Crippen LogP contribution in [0.3, 0.4) is 0 Å². The number of fused-ring (bicyclic) bond motifs is 1. The number of ether oxygens (including phenoxy) is 1. The van der Waals surface area contributed by atoms with Crippen LogP contribution in [-0.2, 0) is 4.74 Å². The zero-order valence-electron chi connectivity index (χ0n) is 13.2. The second-order valence-corrected chi connectivity index (χ2v) is 6.83. The Morgan fingerprint density at radius 1 is 1.30 bits per heavy atom. The molecule has 0 heterocycles. The summed E-state index contributed by atoms with van der Waals surface area (Å²) in [7, 11) is 0. The number of hydrogen-bond donors (Lipinski definition) is 1. The molecule has 3 atom stereocenters. The Bertz CT molecular complexity index is 296. The average Bonchev–Trinajstić information content (AvgIpc) is 2.46. The summed E-state index contributed by atoms with van der Waals surface area (Å²) in [5.74, 6) is 1.89. The van der Waals surface area contributed by atoms with Crippen molar-refractivity contribution in [2.45, 2.75) is 77.2 Å². The number of hydrogen-bond acceptors (Lipinski definition) is 2. The van der Waals surface area contributed by atoms with Gasteiger partial charge in [-0.15, -0.1) is 0 Å². The van der Waals surface area contributed by atoms with E-state index in [1.807, 2.05) is 0 Å². The van der Waals surface area contributed by atoms with Crippen molar-refractivity contribution in [3.8, 4) is 0 Å². The molecule has 0 saturated heterocycles. The summed E-state index contributed by atoms with van der Waals surface area (Å²) in [5, 5.41) is 9.09. The van der Waals surface area contributed by atoms with E-state index in [-0.39, 0.29) is 6.10 Å². The van der Waals surface area contributed by atoms with Crippen LogP contribution in [0.2, 0.25) is 0 Å². The molecular formula is C18H32O2. The van der Waals surface area contributed by atoms with Crippen molar-refractivity contribution in [3.05, 3.63) is 11.6 Å². The van der Waals surface area contributed by atoms with Crippen LogP contribution in [0.25, 0.3) is 0 Å². The van der Waals surface area contributed by atoms with E-state index < -0.39 is 0 Å². The van der Waals surface area contributed by atoms with E-state index in [2.05, 4.69) is 6.08 Å². The first-order valence-electron chi connectivity index (χ1n) is 8.70. The summed E-state index contributed by atoms with van der Waals surface area (Å²) in [6.07, 6.45) is 15.9. The van der Waals surface area contributed by atoms with Crippen molar-refractivity contribution < 1.29 is 9.84 Å². The Hall–Kier alpha value is -0.340. The largest absolute Gasteiger partial charge is 0.391 e. The zero-order chi connectivity index (χ0) is 14.2. The molecule has 2 rings (SSSR count). The Labute approximate surface area is 124 Å². The van der Waals surface area contributed by atoms with Crippen LogP contribution in [0.15, 0.2) is 11.6 Å². The molecule has 2 aliphatic carbocycles. The molecule has 1 fully saturated rings. The first-order valence-corrected chi connectivity index (χ1v) is 8.70. The molecule has 20 heavy (non-hydrogen) atoms. The Kier molecular flexibility index (Phi) is 7.09. The Morgan fingerprint density at radius 3 is 3.05 bits per heavy atom. The number of unbranched alkanes of at least 4 members (excludes halogenated alkanes) is 2. The number of aliphatic hydroxyl groups is 1. The molecule has 1 N–H and O–H groups in total. The van der Waals surface area contributed by atoms with Crippen molar-refractivity contribution >= 4 is 0 Å². The zero-order valence-corrected chi connectivity index (χ0v) is 13.2. The monoisotopic (exact) mass is 280 g/mol. The molecule has 0 aliphatic heterocycles. The fourth-order valence-electron chi connectivity index (χ4n) is 3.77. The summed E-state index contributed by atoms with van der Waals surface area (Å²) < 4.78 is 5.40. The molecule has 2 unspecified atom stereocenters. The summed E-state index contributed by atoms with van der Waals surface area (Å²) >= 11 is 0. The van der Waals surface area contributed by atoms with E-state index in [4.69, 9.17) is 9.84 Å². The van der Waals surface area contributed by atoms with Gasteiger partial charge in [0.1, 0.15) is 0 Å². The first-order chi connectivity index (χ1) is 9.75. The van der Waals surface area contributed by atoms with Crippen LogP contribution < -0.4 is 0 Å². The van der Waals surface area contributed by atoms with E-state index in [9.17, 15) is 0 Å². The molecule has 0 aromatic rings.